The summed E-state index contributed by atoms with van der Waals surface area (Å²) in [6.45, 7) is 1.59. The van der Waals surface area contributed by atoms with Crippen LogP contribution in [0.5, 0.6) is 0 Å². The van der Waals surface area contributed by atoms with E-state index in [1.807, 2.05) is 0 Å². The lowest BCUT2D eigenvalue weighted by Gasteiger charge is -2.08. The smallest absolute Gasteiger partial charge is 0.248 e. The molecule has 0 saturated heterocycles. The van der Waals surface area contributed by atoms with Crippen LogP contribution in [0.25, 0.3) is 0 Å². The molecule has 2 aromatic carbocycles. The van der Waals surface area contributed by atoms with Crippen molar-refractivity contribution < 1.29 is 13.2 Å². The first-order chi connectivity index (χ1) is 11.7. The Hall–Kier alpha value is -2.04. The number of nitrogens with two attached hydrogens (primary N) is 1. The molecule has 0 bridgehead atoms. The van der Waals surface area contributed by atoms with Gasteiger partial charge in [0.05, 0.1) is 11.6 Å². The molecule has 0 aromatic heterocycles. The second kappa shape index (κ2) is 7.89. The highest BCUT2D eigenvalue weighted by molar-refractivity contribution is 7.89. The van der Waals surface area contributed by atoms with Crippen LogP contribution in [0.15, 0.2) is 41.3 Å². The third-order valence-electron chi connectivity index (χ3n) is 3.26. The Morgan fingerprint density at radius 1 is 1.16 bits per heavy atom. The molecule has 0 aliphatic heterocycles. The molecule has 2 aromatic rings. The van der Waals surface area contributed by atoms with Gasteiger partial charge >= 0.3 is 0 Å². The topological polar surface area (TPSA) is 89.3 Å². The van der Waals surface area contributed by atoms with Crippen LogP contribution < -0.4 is 10.5 Å². The largest absolute Gasteiger partial charge is 0.366 e. The minimum atomic E-state index is -3.81. The second-order valence-electron chi connectivity index (χ2n) is 5.10. The Kier molecular flexibility index (Phi) is 6.09. The Balaban J connectivity index is 2.09. The maximum Gasteiger partial charge on any atom is 0.248 e. The fraction of sp³-hybridized carbons (Fsp3) is 0.118. The summed E-state index contributed by atoms with van der Waals surface area (Å²) in [6, 6.07) is 9.14. The van der Waals surface area contributed by atoms with Crippen LogP contribution in [0.4, 0.5) is 0 Å². The number of hydrogen-bond acceptors (Lipinski definition) is 3. The van der Waals surface area contributed by atoms with Crippen molar-refractivity contribution in [2.24, 2.45) is 5.73 Å². The Morgan fingerprint density at radius 3 is 2.40 bits per heavy atom. The molecule has 0 aliphatic carbocycles. The first-order valence-electron chi connectivity index (χ1n) is 7.05. The molecule has 0 unspecified atom stereocenters. The number of amides is 1. The molecule has 2 rings (SSSR count). The van der Waals surface area contributed by atoms with Crippen molar-refractivity contribution >= 4 is 39.1 Å². The van der Waals surface area contributed by atoms with Crippen LogP contribution in [0.3, 0.4) is 0 Å². The van der Waals surface area contributed by atoms with Gasteiger partial charge in [0.1, 0.15) is 4.90 Å². The maximum absolute atomic E-state index is 12.3. The third-order valence-corrected chi connectivity index (χ3v) is 5.53. The molecule has 0 heterocycles. The fourth-order valence-corrected chi connectivity index (χ4v) is 3.66. The van der Waals surface area contributed by atoms with E-state index in [4.69, 9.17) is 28.9 Å². The minimum absolute atomic E-state index is 0.0399. The quantitative estimate of drug-likeness (QED) is 0.778. The highest BCUT2D eigenvalue weighted by atomic mass is 35.5. The number of carbonyl (C=O) groups excluding carboxylic acids is 1. The molecule has 8 heteroatoms. The first-order valence-corrected chi connectivity index (χ1v) is 9.28. The van der Waals surface area contributed by atoms with Gasteiger partial charge in [0, 0.05) is 16.1 Å². The summed E-state index contributed by atoms with van der Waals surface area (Å²) < 4.78 is 26.9. The van der Waals surface area contributed by atoms with Crippen LogP contribution in [-0.2, 0) is 10.0 Å². The zero-order valence-corrected chi connectivity index (χ0v) is 15.5. The van der Waals surface area contributed by atoms with Gasteiger partial charge in [-0.15, -0.1) is 0 Å². The number of primary amides is 1. The summed E-state index contributed by atoms with van der Waals surface area (Å²) in [5, 5.41) is 0.432. The van der Waals surface area contributed by atoms with Crippen LogP contribution in [0.2, 0.25) is 10.0 Å². The second-order valence-corrected chi connectivity index (χ2v) is 7.65. The molecule has 1 amide bonds. The highest BCUT2D eigenvalue weighted by Crippen LogP contribution is 2.27. The van der Waals surface area contributed by atoms with E-state index in [-0.39, 0.29) is 16.5 Å². The lowest BCUT2D eigenvalue weighted by molar-refractivity contribution is 0.100. The highest BCUT2D eigenvalue weighted by Gasteiger charge is 2.18. The Morgan fingerprint density at radius 2 is 1.80 bits per heavy atom. The predicted molar refractivity (Wildman–Crippen MR) is 98.2 cm³/mol. The third kappa shape index (κ3) is 4.97. The van der Waals surface area contributed by atoms with Gasteiger partial charge in [-0.3, -0.25) is 4.79 Å². The number of aryl methyl sites for hydroxylation is 1. The van der Waals surface area contributed by atoms with Gasteiger partial charge in [-0.1, -0.05) is 35.0 Å². The van der Waals surface area contributed by atoms with Gasteiger partial charge in [0.2, 0.25) is 15.9 Å². The summed E-state index contributed by atoms with van der Waals surface area (Å²) in [5.41, 5.74) is 6.76. The van der Waals surface area contributed by atoms with Crippen molar-refractivity contribution in [3.8, 4) is 11.8 Å². The van der Waals surface area contributed by atoms with E-state index >= 15 is 0 Å². The van der Waals surface area contributed by atoms with Crippen LogP contribution in [-0.4, -0.2) is 20.9 Å². The summed E-state index contributed by atoms with van der Waals surface area (Å²) in [4.78, 5) is 10.9. The molecule has 130 valence electrons. The number of halogens is 2. The number of benzene rings is 2. The Bertz CT molecular complexity index is 975. The normalized spacial score (nSPS) is 10.8. The van der Waals surface area contributed by atoms with E-state index in [2.05, 4.69) is 16.6 Å². The molecular formula is C17H14Cl2N2O3S. The van der Waals surface area contributed by atoms with Gasteiger partial charge in [-0.25, -0.2) is 8.42 Å². The van der Waals surface area contributed by atoms with Gasteiger partial charge < -0.3 is 5.73 Å². The average Bonchev–Trinajstić information content (AvgIpc) is 2.55. The maximum atomic E-state index is 12.3. The van der Waals surface area contributed by atoms with Crippen molar-refractivity contribution in [1.29, 1.82) is 0 Å². The fourth-order valence-electron chi connectivity index (χ4n) is 1.91. The van der Waals surface area contributed by atoms with E-state index in [0.29, 0.717) is 21.7 Å². The number of rotatable bonds is 4. The van der Waals surface area contributed by atoms with Gasteiger partial charge in [-0.05, 0) is 48.9 Å². The minimum Gasteiger partial charge on any atom is -0.366 e. The predicted octanol–water partition coefficient (Wildman–Crippen LogP) is 2.73. The van der Waals surface area contributed by atoms with Crippen molar-refractivity contribution in [2.45, 2.75) is 11.8 Å². The van der Waals surface area contributed by atoms with Gasteiger partial charge in [0.25, 0.3) is 0 Å². The summed E-state index contributed by atoms with van der Waals surface area (Å²) >= 11 is 11.9. The van der Waals surface area contributed by atoms with E-state index in [0.717, 1.165) is 0 Å². The average molecular weight is 397 g/mol. The molecule has 0 radical (unpaired) electrons. The lowest BCUT2D eigenvalue weighted by atomic mass is 10.1. The van der Waals surface area contributed by atoms with E-state index in [1.54, 1.807) is 31.2 Å². The van der Waals surface area contributed by atoms with Crippen LogP contribution in [0.1, 0.15) is 21.5 Å². The molecule has 5 nitrogen and oxygen atoms in total. The number of carbonyl (C=O) groups is 1. The molecule has 0 spiro atoms. The van der Waals surface area contributed by atoms with Crippen LogP contribution in [0, 0.1) is 18.8 Å². The zero-order chi connectivity index (χ0) is 18.6. The van der Waals surface area contributed by atoms with Crippen LogP contribution >= 0.6 is 23.2 Å². The van der Waals surface area contributed by atoms with E-state index < -0.39 is 15.9 Å². The number of hydrogen-bond donors (Lipinski definition) is 2. The standard InChI is InChI=1S/C17H14Cl2N2O3S/c1-11-9-16(15(19)10-14(11)18)25(23,24)21-8-2-3-12-4-6-13(7-5-12)17(20)22/h4-7,9-10,21H,8H2,1H3,(H2,20,22). The summed E-state index contributed by atoms with van der Waals surface area (Å²) in [5.74, 6) is 4.96. The molecular weight excluding hydrogens is 383 g/mol. The molecule has 0 saturated carbocycles. The Labute approximate surface area is 156 Å². The van der Waals surface area contributed by atoms with Crippen molar-refractivity contribution in [3.63, 3.8) is 0 Å². The zero-order valence-electron chi connectivity index (χ0n) is 13.1. The van der Waals surface area contributed by atoms with Crippen molar-refractivity contribution in [3.05, 3.63) is 63.1 Å². The lowest BCUT2D eigenvalue weighted by Crippen LogP contribution is -2.24. The van der Waals surface area contributed by atoms with Gasteiger partial charge in [-0.2, -0.15) is 4.72 Å². The van der Waals surface area contributed by atoms with E-state index in [9.17, 15) is 13.2 Å². The van der Waals surface area contributed by atoms with Crippen molar-refractivity contribution in [2.75, 3.05) is 6.54 Å². The van der Waals surface area contributed by atoms with Crippen molar-refractivity contribution in [1.82, 2.24) is 4.72 Å². The number of nitrogens with one attached hydrogen (secondary N) is 1. The molecule has 0 aliphatic rings. The number of sulfonamides is 1. The van der Waals surface area contributed by atoms with E-state index in [1.165, 1.54) is 12.1 Å². The monoisotopic (exact) mass is 396 g/mol. The summed E-state index contributed by atoms with van der Waals surface area (Å²) in [7, 11) is -3.81. The molecule has 0 fully saturated rings. The first kappa shape index (κ1) is 19.3. The van der Waals surface area contributed by atoms with Gasteiger partial charge in [0.15, 0.2) is 0 Å². The molecule has 25 heavy (non-hydrogen) atoms. The summed E-state index contributed by atoms with van der Waals surface area (Å²) in [6.07, 6.45) is 0. The molecule has 0 atom stereocenters. The SMILES string of the molecule is Cc1cc(S(=O)(=O)NCC#Cc2ccc(C(N)=O)cc2)c(Cl)cc1Cl. The molecule has 3 N–H and O–H groups in total.